The maximum Gasteiger partial charge on any atom is 0.254 e. The average Bonchev–Trinajstić information content (AvgIpc) is 3.54. The van der Waals surface area contributed by atoms with E-state index in [0.717, 1.165) is 23.1 Å². The highest BCUT2D eigenvalue weighted by atomic mass is 19.1. The second-order valence-corrected chi connectivity index (χ2v) is 9.14. The van der Waals surface area contributed by atoms with Gasteiger partial charge in [0.15, 0.2) is 0 Å². The Morgan fingerprint density at radius 3 is 2.67 bits per heavy atom. The van der Waals surface area contributed by atoms with Gasteiger partial charge in [-0.1, -0.05) is 6.07 Å². The van der Waals surface area contributed by atoms with Gasteiger partial charge in [-0.05, 0) is 55.0 Å². The van der Waals surface area contributed by atoms with E-state index in [1.54, 1.807) is 46.4 Å². The van der Waals surface area contributed by atoms with Crippen LogP contribution in [0.25, 0.3) is 10.9 Å². The van der Waals surface area contributed by atoms with Gasteiger partial charge in [0.25, 0.3) is 5.91 Å². The molecule has 0 unspecified atom stereocenters. The molecule has 8 heteroatoms. The third kappa shape index (κ3) is 4.79. The van der Waals surface area contributed by atoms with E-state index in [9.17, 15) is 14.0 Å². The molecule has 0 aliphatic carbocycles. The van der Waals surface area contributed by atoms with Crippen molar-refractivity contribution in [2.45, 2.75) is 25.9 Å². The Morgan fingerprint density at radius 2 is 1.94 bits per heavy atom. The summed E-state index contributed by atoms with van der Waals surface area (Å²) in [4.78, 5) is 36.0. The lowest BCUT2D eigenvalue weighted by Crippen LogP contribution is -2.31. The number of rotatable bonds is 7. The molecule has 7 nitrogen and oxygen atoms in total. The summed E-state index contributed by atoms with van der Waals surface area (Å²) in [7, 11) is 3.73. The zero-order valence-corrected chi connectivity index (χ0v) is 20.3. The molecular formula is C28H27FN4O3. The highest BCUT2D eigenvalue weighted by molar-refractivity contribution is 5.99. The number of benzene rings is 2. The molecular weight excluding hydrogens is 459 g/mol. The lowest BCUT2D eigenvalue weighted by atomic mass is 10.1. The van der Waals surface area contributed by atoms with Crippen LogP contribution in [0.15, 0.2) is 71.3 Å². The van der Waals surface area contributed by atoms with Crippen LogP contribution < -0.4 is 9.80 Å². The summed E-state index contributed by atoms with van der Waals surface area (Å²) < 4.78 is 19.4. The van der Waals surface area contributed by atoms with E-state index in [4.69, 9.17) is 4.42 Å². The van der Waals surface area contributed by atoms with Gasteiger partial charge >= 0.3 is 0 Å². The molecule has 0 saturated carbocycles. The predicted octanol–water partition coefficient (Wildman–Crippen LogP) is 5.00. The van der Waals surface area contributed by atoms with Crippen LogP contribution in [0.2, 0.25) is 0 Å². The summed E-state index contributed by atoms with van der Waals surface area (Å²) in [6.07, 6.45) is 2.91. The van der Waals surface area contributed by atoms with Crippen molar-refractivity contribution in [1.29, 1.82) is 0 Å². The largest absolute Gasteiger partial charge is 0.467 e. The minimum atomic E-state index is -0.349. The Balaban J connectivity index is 1.51. The number of anilines is 2. The van der Waals surface area contributed by atoms with Gasteiger partial charge in [0, 0.05) is 55.3 Å². The fourth-order valence-corrected chi connectivity index (χ4v) is 4.58. The van der Waals surface area contributed by atoms with Crippen LogP contribution in [0.4, 0.5) is 15.9 Å². The van der Waals surface area contributed by atoms with Crippen molar-refractivity contribution in [3.05, 3.63) is 89.6 Å². The van der Waals surface area contributed by atoms with Crippen molar-refractivity contribution in [2.24, 2.45) is 0 Å². The molecule has 3 heterocycles. The third-order valence-electron chi connectivity index (χ3n) is 6.31. The molecule has 2 amide bonds. The lowest BCUT2D eigenvalue weighted by Gasteiger charge is -2.25. The van der Waals surface area contributed by atoms with Gasteiger partial charge in [-0.15, -0.1) is 0 Å². The summed E-state index contributed by atoms with van der Waals surface area (Å²) in [6, 6.07) is 17.2. The van der Waals surface area contributed by atoms with E-state index in [1.165, 1.54) is 12.1 Å². The molecule has 1 saturated heterocycles. The van der Waals surface area contributed by atoms with Crippen LogP contribution in [-0.4, -0.2) is 42.3 Å². The van der Waals surface area contributed by atoms with Gasteiger partial charge < -0.3 is 19.1 Å². The molecule has 0 N–H and O–H groups in total. The Morgan fingerprint density at radius 1 is 1.08 bits per heavy atom. The van der Waals surface area contributed by atoms with Gasteiger partial charge in [0.2, 0.25) is 5.91 Å². The van der Waals surface area contributed by atoms with Crippen molar-refractivity contribution in [3.8, 4) is 0 Å². The molecule has 5 rings (SSSR count). The number of furan rings is 1. The molecule has 0 radical (unpaired) electrons. The van der Waals surface area contributed by atoms with E-state index in [2.05, 4.69) is 4.98 Å². The Hall–Kier alpha value is -4.20. The normalized spacial score (nSPS) is 13.4. The maximum atomic E-state index is 13.8. The molecule has 36 heavy (non-hydrogen) atoms. The molecule has 4 aromatic rings. The first-order valence-corrected chi connectivity index (χ1v) is 11.9. The zero-order chi connectivity index (χ0) is 25.2. The number of halogens is 1. The summed E-state index contributed by atoms with van der Waals surface area (Å²) in [5.74, 6) is 0.835. The van der Waals surface area contributed by atoms with E-state index < -0.39 is 0 Å². The van der Waals surface area contributed by atoms with E-state index >= 15 is 0 Å². The lowest BCUT2D eigenvalue weighted by molar-refractivity contribution is -0.117. The van der Waals surface area contributed by atoms with Gasteiger partial charge in [-0.25, -0.2) is 9.37 Å². The number of nitrogens with zero attached hydrogens (tertiary/aromatic N) is 4. The van der Waals surface area contributed by atoms with E-state index in [1.807, 2.05) is 37.2 Å². The number of hydrogen-bond donors (Lipinski definition) is 0. The Labute approximate surface area is 208 Å². The number of pyridine rings is 1. The van der Waals surface area contributed by atoms with E-state index in [-0.39, 0.29) is 30.7 Å². The first-order valence-electron chi connectivity index (χ1n) is 11.9. The number of carbonyl (C=O) groups excluding carboxylic acids is 2. The monoisotopic (exact) mass is 486 g/mol. The molecule has 0 atom stereocenters. The maximum absolute atomic E-state index is 13.8. The fraction of sp³-hybridized carbons (Fsp3) is 0.250. The van der Waals surface area contributed by atoms with Crippen LogP contribution in [0.3, 0.4) is 0 Å². The average molecular weight is 487 g/mol. The fourth-order valence-electron chi connectivity index (χ4n) is 4.58. The van der Waals surface area contributed by atoms with Crippen LogP contribution in [-0.2, 0) is 17.9 Å². The molecule has 1 fully saturated rings. The van der Waals surface area contributed by atoms with Crippen molar-refractivity contribution in [2.75, 3.05) is 30.4 Å². The number of hydrogen-bond acceptors (Lipinski definition) is 5. The molecule has 184 valence electrons. The highest BCUT2D eigenvalue weighted by Gasteiger charge is 2.25. The molecule has 0 bridgehead atoms. The molecule has 0 spiro atoms. The minimum Gasteiger partial charge on any atom is -0.467 e. The smallest absolute Gasteiger partial charge is 0.254 e. The van der Waals surface area contributed by atoms with E-state index in [0.29, 0.717) is 35.6 Å². The summed E-state index contributed by atoms with van der Waals surface area (Å²) in [5.41, 5.74) is 2.59. The summed E-state index contributed by atoms with van der Waals surface area (Å²) >= 11 is 0. The number of amides is 2. The van der Waals surface area contributed by atoms with Gasteiger partial charge in [-0.3, -0.25) is 9.59 Å². The first kappa shape index (κ1) is 23.5. The first-order chi connectivity index (χ1) is 17.4. The number of fused-ring (bicyclic) bond motifs is 1. The standard InChI is InChI=1S/C28H27FN4O3/c1-31(2)27-21(14-19-10-11-22(29)16-25(19)30-27)17-32(18-24-8-5-13-36-24)28(35)20-6-3-7-23(15-20)33-12-4-9-26(33)34/h3,5-8,10-11,13-16H,4,9,12,17-18H2,1-2H3. The summed E-state index contributed by atoms with van der Waals surface area (Å²) in [5, 5.41) is 0.789. The SMILES string of the molecule is CN(C)c1nc2cc(F)ccc2cc1CN(Cc1ccco1)C(=O)c1cccc(N2CCCC2=O)c1. The zero-order valence-electron chi connectivity index (χ0n) is 20.3. The van der Waals surface area contributed by atoms with Crippen LogP contribution >= 0.6 is 0 Å². The van der Waals surface area contributed by atoms with Crippen molar-refractivity contribution < 1.29 is 18.4 Å². The Kier molecular flexibility index (Phi) is 6.41. The van der Waals surface area contributed by atoms with Crippen LogP contribution in [0.1, 0.15) is 34.5 Å². The predicted molar refractivity (Wildman–Crippen MR) is 136 cm³/mol. The summed E-state index contributed by atoms with van der Waals surface area (Å²) in [6.45, 7) is 1.18. The number of aromatic nitrogens is 1. The molecule has 2 aromatic heterocycles. The molecule has 1 aliphatic rings. The quantitative estimate of drug-likeness (QED) is 0.368. The van der Waals surface area contributed by atoms with Gasteiger partial charge in [0.1, 0.15) is 17.4 Å². The van der Waals surface area contributed by atoms with Crippen molar-refractivity contribution in [1.82, 2.24) is 9.88 Å². The third-order valence-corrected chi connectivity index (χ3v) is 6.31. The Bertz CT molecular complexity index is 1420. The highest BCUT2D eigenvalue weighted by Crippen LogP contribution is 2.27. The van der Waals surface area contributed by atoms with Gasteiger partial charge in [-0.2, -0.15) is 0 Å². The van der Waals surface area contributed by atoms with Crippen LogP contribution in [0, 0.1) is 5.82 Å². The number of carbonyl (C=O) groups is 2. The van der Waals surface area contributed by atoms with Crippen molar-refractivity contribution >= 4 is 34.2 Å². The molecule has 2 aromatic carbocycles. The minimum absolute atomic E-state index is 0.0707. The molecule has 1 aliphatic heterocycles. The second kappa shape index (κ2) is 9.81. The topological polar surface area (TPSA) is 69.9 Å². The van der Waals surface area contributed by atoms with Crippen molar-refractivity contribution in [3.63, 3.8) is 0 Å². The van der Waals surface area contributed by atoms with Gasteiger partial charge in [0.05, 0.1) is 24.9 Å². The second-order valence-electron chi connectivity index (χ2n) is 9.14. The van der Waals surface area contributed by atoms with Crippen LogP contribution in [0.5, 0.6) is 0 Å².